The lowest BCUT2D eigenvalue weighted by Gasteiger charge is -2.23. The molecule has 15 nitrogen and oxygen atoms in total. The molecule has 2 saturated heterocycles. The van der Waals surface area contributed by atoms with Gasteiger partial charge in [0.15, 0.2) is 10.1 Å². The normalized spacial score (nSPS) is 21.7. The summed E-state index contributed by atoms with van der Waals surface area (Å²) in [7, 11) is 3.18. The third-order valence-corrected chi connectivity index (χ3v) is 4.72. The number of aliphatic imine (C=N–C) groups is 2. The van der Waals surface area contributed by atoms with E-state index in [1.807, 2.05) is 0 Å². The van der Waals surface area contributed by atoms with Crippen molar-refractivity contribution < 1.29 is 24.3 Å². The molecule has 0 aromatic rings. The number of guanidine groups is 2. The third kappa shape index (κ3) is 9.27. The summed E-state index contributed by atoms with van der Waals surface area (Å²) in [5.41, 5.74) is 4.14. The molecule has 176 valence electrons. The molecular formula is C16H30N8O7. The third-order valence-electron chi connectivity index (χ3n) is 4.72. The summed E-state index contributed by atoms with van der Waals surface area (Å²) in [4.78, 5) is 33.2. The molecule has 2 N–H and O–H groups in total. The second-order valence-corrected chi connectivity index (χ2v) is 7.38. The molecule has 0 spiro atoms. The number of hydrogen-bond donors (Lipinski definition) is 2. The summed E-state index contributed by atoms with van der Waals surface area (Å²) in [5.74, 6) is 0.554. The first-order valence-corrected chi connectivity index (χ1v) is 9.91. The van der Waals surface area contributed by atoms with E-state index in [2.05, 4.69) is 20.8 Å². The predicted molar refractivity (Wildman–Crippen MR) is 109 cm³/mol. The van der Waals surface area contributed by atoms with E-state index < -0.39 is 10.1 Å². The Morgan fingerprint density at radius 1 is 0.935 bits per heavy atom. The highest BCUT2D eigenvalue weighted by Crippen LogP contribution is 2.13. The monoisotopic (exact) mass is 446 g/mol. The number of nitrogens with one attached hydrogen (secondary N) is 2. The smallest absolute Gasteiger partial charge is 0.258 e. The second-order valence-electron chi connectivity index (χ2n) is 7.38. The van der Waals surface area contributed by atoms with Crippen LogP contribution in [0.15, 0.2) is 9.98 Å². The molecule has 2 rings (SSSR count). The van der Waals surface area contributed by atoms with Gasteiger partial charge < -0.3 is 24.0 Å². The lowest BCUT2D eigenvalue weighted by Crippen LogP contribution is -2.46. The molecule has 2 atom stereocenters. The Kier molecular flexibility index (Phi) is 10.1. The van der Waals surface area contributed by atoms with Gasteiger partial charge in [0.25, 0.3) is 11.9 Å². The number of ether oxygens (including phenoxy) is 3. The first-order chi connectivity index (χ1) is 14.8. The predicted octanol–water partition coefficient (Wildman–Crippen LogP) is -0.871. The largest absolute Gasteiger partial charge is 0.381 e. The average Bonchev–Trinajstić information content (AvgIpc) is 3.41. The Bertz CT molecular complexity index is 596. The zero-order valence-electron chi connectivity index (χ0n) is 17.8. The van der Waals surface area contributed by atoms with Crippen LogP contribution in [-0.2, 0) is 14.2 Å². The standard InChI is InChI=1S/C16H30N8O7/c1-21(15(19-23(25)26)17-7-13-3-5-29-9-13)11-31-12-22(2)16(20-24(27)28)18-8-14-4-6-30-10-14/h13-14H,3-12H2,1-2H3,(H,17,19)(H,18,20). The van der Waals surface area contributed by atoms with Crippen molar-refractivity contribution >= 4 is 11.9 Å². The summed E-state index contributed by atoms with van der Waals surface area (Å²) in [6.07, 6.45) is 1.72. The Morgan fingerprint density at radius 2 is 1.35 bits per heavy atom. The fourth-order valence-electron chi connectivity index (χ4n) is 2.97. The van der Waals surface area contributed by atoms with Gasteiger partial charge in [-0.25, -0.2) is 30.2 Å². The molecule has 15 heteroatoms. The Labute approximate surface area is 179 Å². The van der Waals surface area contributed by atoms with Gasteiger partial charge >= 0.3 is 0 Å². The molecule has 0 saturated carbocycles. The minimum absolute atomic E-state index is 0.0343. The van der Waals surface area contributed by atoms with Crippen LogP contribution in [0.25, 0.3) is 0 Å². The topological polar surface area (TPSA) is 169 Å². The molecule has 31 heavy (non-hydrogen) atoms. The highest BCUT2D eigenvalue weighted by molar-refractivity contribution is 5.79. The summed E-state index contributed by atoms with van der Waals surface area (Å²) in [6, 6.07) is 0. The Balaban J connectivity index is 1.85. The number of hydrogen-bond acceptors (Lipinski definition) is 9. The number of nitrogens with zero attached hydrogens (tertiary/aromatic N) is 6. The molecule has 0 aliphatic carbocycles. The first kappa shape index (κ1) is 24.5. The molecular weight excluding hydrogens is 416 g/mol. The van der Waals surface area contributed by atoms with Crippen LogP contribution in [0.1, 0.15) is 12.8 Å². The van der Waals surface area contributed by atoms with Gasteiger partial charge in [-0.15, -0.1) is 0 Å². The molecule has 2 unspecified atom stereocenters. The van der Waals surface area contributed by atoms with Gasteiger partial charge in [-0.1, -0.05) is 10.9 Å². The van der Waals surface area contributed by atoms with Crippen LogP contribution in [0.2, 0.25) is 0 Å². The summed E-state index contributed by atoms with van der Waals surface area (Å²) in [6.45, 7) is 3.22. The van der Waals surface area contributed by atoms with Crippen LogP contribution >= 0.6 is 0 Å². The molecule has 2 heterocycles. The van der Waals surface area contributed by atoms with Crippen molar-refractivity contribution in [2.45, 2.75) is 12.8 Å². The zero-order valence-corrected chi connectivity index (χ0v) is 17.8. The van der Waals surface area contributed by atoms with Gasteiger partial charge in [0, 0.05) is 52.2 Å². The van der Waals surface area contributed by atoms with E-state index in [9.17, 15) is 20.2 Å². The number of nitro groups is 2. The van der Waals surface area contributed by atoms with Crippen molar-refractivity contribution in [1.82, 2.24) is 20.7 Å². The average molecular weight is 446 g/mol. The number of hydrazine groups is 2. The van der Waals surface area contributed by atoms with Gasteiger partial charge in [0.1, 0.15) is 13.5 Å². The van der Waals surface area contributed by atoms with Gasteiger partial charge in [-0.3, -0.25) is 0 Å². The molecule has 0 aromatic heterocycles. The van der Waals surface area contributed by atoms with E-state index in [1.54, 1.807) is 14.1 Å². The maximum atomic E-state index is 10.9. The first-order valence-electron chi connectivity index (χ1n) is 9.91. The van der Waals surface area contributed by atoms with Gasteiger partial charge in [0.05, 0.1) is 13.2 Å². The maximum Gasteiger partial charge on any atom is 0.258 e. The molecule has 0 radical (unpaired) electrons. The summed E-state index contributed by atoms with van der Waals surface area (Å²) in [5, 5.41) is 20.4. The van der Waals surface area contributed by atoms with Gasteiger partial charge in [-0.2, -0.15) is 0 Å². The van der Waals surface area contributed by atoms with Crippen molar-refractivity contribution in [3.8, 4) is 0 Å². The maximum absolute atomic E-state index is 10.9. The van der Waals surface area contributed by atoms with Crippen LogP contribution in [0.4, 0.5) is 0 Å². The van der Waals surface area contributed by atoms with Crippen molar-refractivity contribution in [2.75, 3.05) is 67.1 Å². The van der Waals surface area contributed by atoms with E-state index in [1.165, 1.54) is 9.80 Å². The molecule has 0 aromatic carbocycles. The van der Waals surface area contributed by atoms with Crippen LogP contribution in [0, 0.1) is 32.1 Å². The summed E-state index contributed by atoms with van der Waals surface area (Å²) >= 11 is 0. The van der Waals surface area contributed by atoms with E-state index in [4.69, 9.17) is 14.2 Å². The molecule has 2 aliphatic heterocycles. The van der Waals surface area contributed by atoms with Crippen LogP contribution < -0.4 is 10.9 Å². The Morgan fingerprint density at radius 3 is 1.68 bits per heavy atom. The fraction of sp³-hybridized carbons (Fsp3) is 0.875. The molecule has 0 amide bonds. The fourth-order valence-corrected chi connectivity index (χ4v) is 2.97. The highest BCUT2D eigenvalue weighted by Gasteiger charge is 2.20. The summed E-state index contributed by atoms with van der Waals surface area (Å²) < 4.78 is 16.1. The van der Waals surface area contributed by atoms with E-state index in [0.29, 0.717) is 39.5 Å². The minimum Gasteiger partial charge on any atom is -0.381 e. The van der Waals surface area contributed by atoms with Crippen molar-refractivity contribution in [3.05, 3.63) is 20.2 Å². The van der Waals surface area contributed by atoms with Crippen LogP contribution in [-0.4, -0.2) is 98.9 Å². The minimum atomic E-state index is -0.689. The number of rotatable bonds is 10. The lowest BCUT2D eigenvalue weighted by molar-refractivity contribution is -0.526. The Hall–Kier alpha value is -2.78. The SMILES string of the molecule is CN(COCN(C)C(=NCC1CCOC1)N[N+](=O)[O-])C(=NCC1CCOC1)N[N+](=O)[O-]. The second kappa shape index (κ2) is 12.8. The van der Waals surface area contributed by atoms with Crippen LogP contribution in [0.5, 0.6) is 0 Å². The lowest BCUT2D eigenvalue weighted by atomic mass is 10.1. The van der Waals surface area contributed by atoms with Gasteiger partial charge in [0.2, 0.25) is 0 Å². The highest BCUT2D eigenvalue weighted by atomic mass is 16.7. The van der Waals surface area contributed by atoms with Crippen molar-refractivity contribution in [1.29, 1.82) is 0 Å². The van der Waals surface area contributed by atoms with Crippen molar-refractivity contribution in [2.24, 2.45) is 21.8 Å². The molecule has 2 fully saturated rings. The van der Waals surface area contributed by atoms with E-state index in [-0.39, 0.29) is 37.2 Å². The van der Waals surface area contributed by atoms with E-state index >= 15 is 0 Å². The molecule has 2 aliphatic rings. The van der Waals surface area contributed by atoms with E-state index in [0.717, 1.165) is 12.8 Å². The van der Waals surface area contributed by atoms with Crippen molar-refractivity contribution in [3.63, 3.8) is 0 Å². The van der Waals surface area contributed by atoms with Crippen LogP contribution in [0.3, 0.4) is 0 Å². The quantitative estimate of drug-likeness (QED) is 0.141. The van der Waals surface area contributed by atoms with Gasteiger partial charge in [-0.05, 0) is 12.8 Å². The molecule has 0 bridgehead atoms. The zero-order chi connectivity index (χ0) is 22.6.